The quantitative estimate of drug-likeness (QED) is 0.572. The van der Waals surface area contributed by atoms with Gasteiger partial charge in [0.05, 0.1) is 12.2 Å². The molecule has 0 amide bonds. The molecule has 2 atom stereocenters. The summed E-state index contributed by atoms with van der Waals surface area (Å²) < 4.78 is 18.4. The van der Waals surface area contributed by atoms with Crippen LogP contribution in [0.25, 0.3) is 0 Å². The largest absolute Gasteiger partial charge is 0.373 e. The SMILES string of the molecule is CCC1CC(C)(C)OC[C@H]1F. The maximum absolute atomic E-state index is 13.1. The van der Waals surface area contributed by atoms with E-state index in [0.717, 1.165) is 12.8 Å². The lowest BCUT2D eigenvalue weighted by Crippen LogP contribution is -2.40. The first kappa shape index (κ1) is 8.98. The van der Waals surface area contributed by atoms with Crippen molar-refractivity contribution in [3.05, 3.63) is 0 Å². The second-order valence-electron chi connectivity index (χ2n) is 3.96. The van der Waals surface area contributed by atoms with Crippen molar-refractivity contribution in [1.29, 1.82) is 0 Å². The lowest BCUT2D eigenvalue weighted by molar-refractivity contribution is -0.110. The van der Waals surface area contributed by atoms with Gasteiger partial charge in [0, 0.05) is 0 Å². The molecule has 0 aliphatic carbocycles. The third-order valence-electron chi connectivity index (χ3n) is 2.42. The molecule has 0 aromatic carbocycles. The van der Waals surface area contributed by atoms with Gasteiger partial charge in [0.25, 0.3) is 0 Å². The first-order valence-corrected chi connectivity index (χ1v) is 4.33. The van der Waals surface area contributed by atoms with Crippen LogP contribution in [0.2, 0.25) is 0 Å². The zero-order chi connectivity index (χ0) is 8.48. The average molecular weight is 160 g/mol. The van der Waals surface area contributed by atoms with Crippen LogP contribution in [-0.2, 0) is 4.74 Å². The molecule has 1 fully saturated rings. The van der Waals surface area contributed by atoms with Gasteiger partial charge in [-0.25, -0.2) is 4.39 Å². The van der Waals surface area contributed by atoms with Gasteiger partial charge < -0.3 is 4.74 Å². The maximum Gasteiger partial charge on any atom is 0.126 e. The molecule has 11 heavy (non-hydrogen) atoms. The fraction of sp³-hybridized carbons (Fsp3) is 1.00. The molecule has 0 bridgehead atoms. The number of hydrogen-bond donors (Lipinski definition) is 0. The topological polar surface area (TPSA) is 9.23 Å². The fourth-order valence-corrected chi connectivity index (χ4v) is 1.66. The molecule has 1 aliphatic heterocycles. The van der Waals surface area contributed by atoms with Crippen LogP contribution in [0.4, 0.5) is 4.39 Å². The highest BCUT2D eigenvalue weighted by Crippen LogP contribution is 2.32. The summed E-state index contributed by atoms with van der Waals surface area (Å²) in [5.41, 5.74) is -0.108. The van der Waals surface area contributed by atoms with Gasteiger partial charge in [-0.2, -0.15) is 0 Å². The Balaban J connectivity index is 2.51. The first-order valence-electron chi connectivity index (χ1n) is 4.33. The first-order chi connectivity index (χ1) is 5.05. The highest BCUT2D eigenvalue weighted by Gasteiger charge is 2.34. The van der Waals surface area contributed by atoms with E-state index in [1.807, 2.05) is 20.8 Å². The Hall–Kier alpha value is -0.110. The van der Waals surface area contributed by atoms with E-state index in [0.29, 0.717) is 0 Å². The fourth-order valence-electron chi connectivity index (χ4n) is 1.66. The number of rotatable bonds is 1. The van der Waals surface area contributed by atoms with Crippen molar-refractivity contribution in [2.75, 3.05) is 6.61 Å². The Morgan fingerprint density at radius 2 is 2.18 bits per heavy atom. The van der Waals surface area contributed by atoms with Gasteiger partial charge in [-0.3, -0.25) is 0 Å². The van der Waals surface area contributed by atoms with Crippen LogP contribution < -0.4 is 0 Å². The number of hydrogen-bond acceptors (Lipinski definition) is 1. The van der Waals surface area contributed by atoms with Gasteiger partial charge in [-0.15, -0.1) is 0 Å². The van der Waals surface area contributed by atoms with E-state index in [-0.39, 0.29) is 18.1 Å². The van der Waals surface area contributed by atoms with Crippen molar-refractivity contribution in [3.63, 3.8) is 0 Å². The molecular formula is C9H17FO. The zero-order valence-electron chi connectivity index (χ0n) is 7.56. The van der Waals surface area contributed by atoms with Crippen LogP contribution >= 0.6 is 0 Å². The minimum atomic E-state index is -0.743. The van der Waals surface area contributed by atoms with Gasteiger partial charge in [0.15, 0.2) is 0 Å². The summed E-state index contributed by atoms with van der Waals surface area (Å²) in [7, 11) is 0. The molecule has 2 heteroatoms. The summed E-state index contributed by atoms with van der Waals surface area (Å²) in [6.07, 6.45) is 1.03. The van der Waals surface area contributed by atoms with Gasteiger partial charge in [0.2, 0.25) is 0 Å². The van der Waals surface area contributed by atoms with Crippen LogP contribution in [-0.4, -0.2) is 18.4 Å². The minimum Gasteiger partial charge on any atom is -0.373 e. The standard InChI is InChI=1S/C9H17FO/c1-4-7-5-9(2,3)11-6-8(7)10/h7-8H,4-6H2,1-3H3/t7?,8-/m1/s1. The van der Waals surface area contributed by atoms with Gasteiger partial charge in [-0.1, -0.05) is 13.3 Å². The second kappa shape index (κ2) is 3.10. The summed E-state index contributed by atoms with van der Waals surface area (Å²) in [5, 5.41) is 0. The zero-order valence-corrected chi connectivity index (χ0v) is 7.56. The summed E-state index contributed by atoms with van der Waals surface area (Å²) in [6, 6.07) is 0. The Morgan fingerprint density at radius 1 is 1.55 bits per heavy atom. The summed E-state index contributed by atoms with van der Waals surface area (Å²) in [6.45, 7) is 6.38. The Kier molecular flexibility index (Phi) is 2.53. The van der Waals surface area contributed by atoms with E-state index in [2.05, 4.69) is 0 Å². The van der Waals surface area contributed by atoms with Gasteiger partial charge >= 0.3 is 0 Å². The highest BCUT2D eigenvalue weighted by molar-refractivity contribution is 4.83. The third kappa shape index (κ3) is 2.16. The molecule has 1 nitrogen and oxygen atoms in total. The molecule has 0 aromatic rings. The van der Waals surface area contributed by atoms with Crippen LogP contribution in [0.1, 0.15) is 33.6 Å². The Bertz CT molecular complexity index is 134. The average Bonchev–Trinajstić information content (AvgIpc) is 1.94. The molecule has 1 aliphatic rings. The maximum atomic E-state index is 13.1. The summed E-state index contributed by atoms with van der Waals surface area (Å²) >= 11 is 0. The molecule has 0 saturated carbocycles. The van der Waals surface area contributed by atoms with Crippen LogP contribution in [0, 0.1) is 5.92 Å². The molecule has 0 spiro atoms. The normalized spacial score (nSPS) is 37.1. The van der Waals surface area contributed by atoms with E-state index in [1.165, 1.54) is 0 Å². The van der Waals surface area contributed by atoms with Crippen LogP contribution in [0.5, 0.6) is 0 Å². The molecule has 1 saturated heterocycles. The van der Waals surface area contributed by atoms with Crippen molar-refractivity contribution in [2.24, 2.45) is 5.92 Å². The Labute approximate surface area is 67.9 Å². The van der Waals surface area contributed by atoms with Crippen molar-refractivity contribution in [3.8, 4) is 0 Å². The molecule has 1 unspecified atom stereocenters. The third-order valence-corrected chi connectivity index (χ3v) is 2.42. The number of ether oxygens (including phenoxy) is 1. The minimum absolute atomic E-state index is 0.108. The van der Waals surface area contributed by atoms with E-state index >= 15 is 0 Å². The predicted octanol–water partition coefficient (Wildman–Crippen LogP) is 2.55. The smallest absolute Gasteiger partial charge is 0.126 e. The van der Waals surface area contributed by atoms with Gasteiger partial charge in [0.1, 0.15) is 6.17 Å². The Morgan fingerprint density at radius 3 is 2.64 bits per heavy atom. The monoisotopic (exact) mass is 160 g/mol. The predicted molar refractivity (Wildman–Crippen MR) is 43.3 cm³/mol. The van der Waals surface area contributed by atoms with Gasteiger partial charge in [-0.05, 0) is 26.2 Å². The lowest BCUT2D eigenvalue weighted by Gasteiger charge is -2.37. The molecule has 66 valence electrons. The van der Waals surface area contributed by atoms with Crippen LogP contribution in [0.3, 0.4) is 0 Å². The van der Waals surface area contributed by atoms with Crippen molar-refractivity contribution in [1.82, 2.24) is 0 Å². The molecular weight excluding hydrogens is 143 g/mol. The lowest BCUT2D eigenvalue weighted by atomic mass is 9.86. The molecule has 1 heterocycles. The number of alkyl halides is 1. The molecule has 0 aromatic heterocycles. The summed E-state index contributed by atoms with van der Waals surface area (Å²) in [4.78, 5) is 0. The van der Waals surface area contributed by atoms with Crippen molar-refractivity contribution < 1.29 is 9.13 Å². The van der Waals surface area contributed by atoms with Crippen molar-refractivity contribution in [2.45, 2.75) is 45.4 Å². The molecule has 1 rings (SSSR count). The highest BCUT2D eigenvalue weighted by atomic mass is 19.1. The van der Waals surface area contributed by atoms with E-state index in [4.69, 9.17) is 4.74 Å². The molecule has 0 N–H and O–H groups in total. The van der Waals surface area contributed by atoms with E-state index in [9.17, 15) is 4.39 Å². The van der Waals surface area contributed by atoms with Crippen molar-refractivity contribution >= 4 is 0 Å². The summed E-state index contributed by atoms with van der Waals surface area (Å²) in [5.74, 6) is 0.207. The van der Waals surface area contributed by atoms with E-state index < -0.39 is 6.17 Å². The molecule has 0 radical (unpaired) electrons. The van der Waals surface area contributed by atoms with E-state index in [1.54, 1.807) is 0 Å². The number of halogens is 1. The van der Waals surface area contributed by atoms with Crippen LogP contribution in [0.15, 0.2) is 0 Å². The second-order valence-corrected chi connectivity index (χ2v) is 3.96.